The molecule has 6 nitrogen and oxygen atoms in total. The molecule has 0 saturated heterocycles. The van der Waals surface area contributed by atoms with Crippen LogP contribution >= 0.6 is 12.2 Å². The molecular weight excluding hydrogens is 242 g/mol. The van der Waals surface area contributed by atoms with Crippen LogP contribution in [0.2, 0.25) is 0 Å². The Morgan fingerprint density at radius 1 is 1.40 bits per heavy atom. The number of carbonyl (C=O) groups excluding carboxylic acids is 1. The second-order valence-electron chi connectivity index (χ2n) is 2.84. The number of hydrogen-bond donors (Lipinski definition) is 1. The first kappa shape index (κ1) is 21.1. The molecule has 0 aromatic rings. The number of carboxylic acid groups (broad SMARTS) is 2. The molecule has 0 spiro atoms. The molecule has 0 aliphatic rings. The van der Waals surface area contributed by atoms with E-state index in [4.69, 9.17) is 5.11 Å². The van der Waals surface area contributed by atoms with Gasteiger partial charge >= 0.3 is 65.2 Å². The van der Waals surface area contributed by atoms with Crippen molar-refractivity contribution in [3.63, 3.8) is 0 Å². The van der Waals surface area contributed by atoms with Crippen LogP contribution in [0.3, 0.4) is 0 Å². The van der Waals surface area contributed by atoms with E-state index in [9.17, 15) is 14.7 Å². The summed E-state index contributed by atoms with van der Waals surface area (Å²) >= 11 is 4.66. The van der Waals surface area contributed by atoms with Gasteiger partial charge in [0, 0.05) is 19.3 Å². The summed E-state index contributed by atoms with van der Waals surface area (Å²) in [5, 5.41) is 18.8. The van der Waals surface area contributed by atoms with E-state index in [2.05, 4.69) is 12.2 Å². The van der Waals surface area contributed by atoms with Crippen LogP contribution in [0.1, 0.15) is 2.85 Å². The number of rotatable bonds is 0. The van der Waals surface area contributed by atoms with E-state index >= 15 is 0 Å². The van der Waals surface area contributed by atoms with E-state index in [1.54, 1.807) is 0 Å². The number of thiocarbonyl (C=S) groups is 1. The van der Waals surface area contributed by atoms with Crippen molar-refractivity contribution in [3.8, 4) is 0 Å². The van der Waals surface area contributed by atoms with Gasteiger partial charge in [-0.2, -0.15) is 0 Å². The van der Waals surface area contributed by atoms with E-state index in [0.717, 1.165) is 0 Å². The van der Waals surface area contributed by atoms with Crippen LogP contribution in [0.25, 0.3) is 0 Å². The molecule has 0 rings (SSSR count). The van der Waals surface area contributed by atoms with Gasteiger partial charge in [-0.25, -0.2) is 14.2 Å². The standard InChI is InChI=1S/C6H10N2O4S.2Na.2H/c1-7(5(9)10)4(13)8(2,3)6(11)12;;;;/h1-3H3,(H-,9,10,11,12);;;;/q;2*+1;2*-1. The maximum atomic E-state index is 10.5. The molecule has 78 valence electrons. The summed E-state index contributed by atoms with van der Waals surface area (Å²) in [6.45, 7) is 0. The van der Waals surface area contributed by atoms with Crippen molar-refractivity contribution in [2.45, 2.75) is 0 Å². The quantitative estimate of drug-likeness (QED) is 0.264. The number of hydrogen-bond acceptors (Lipinski definition) is 4. The van der Waals surface area contributed by atoms with Crippen LogP contribution in [-0.4, -0.2) is 52.9 Å². The van der Waals surface area contributed by atoms with Crippen LogP contribution in [0, 0.1) is 0 Å². The minimum Gasteiger partial charge on any atom is -1.00 e. The van der Waals surface area contributed by atoms with Crippen molar-refractivity contribution < 1.29 is 86.3 Å². The van der Waals surface area contributed by atoms with Crippen molar-refractivity contribution in [2.24, 2.45) is 0 Å². The van der Waals surface area contributed by atoms with Crippen LogP contribution in [0.15, 0.2) is 0 Å². The van der Waals surface area contributed by atoms with Crippen LogP contribution in [-0.2, 0) is 0 Å². The molecule has 0 saturated carbocycles. The van der Waals surface area contributed by atoms with E-state index in [1.165, 1.54) is 21.1 Å². The molecular formula is C6H12N2Na2O4S. The summed E-state index contributed by atoms with van der Waals surface area (Å²) in [6.07, 6.45) is -2.77. The summed E-state index contributed by atoms with van der Waals surface area (Å²) in [6, 6.07) is 0. The van der Waals surface area contributed by atoms with E-state index < -0.39 is 16.7 Å². The van der Waals surface area contributed by atoms with Crippen molar-refractivity contribution in [2.75, 3.05) is 21.1 Å². The second kappa shape index (κ2) is 7.97. The van der Waals surface area contributed by atoms with E-state index in [-0.39, 0.29) is 67.1 Å². The Kier molecular flexibility index (Phi) is 11.2. The summed E-state index contributed by atoms with van der Waals surface area (Å²) in [5.41, 5.74) is 0. The third-order valence-electron chi connectivity index (χ3n) is 1.51. The molecule has 0 aliphatic heterocycles. The van der Waals surface area contributed by atoms with Crippen LogP contribution in [0.4, 0.5) is 9.59 Å². The zero-order valence-corrected chi connectivity index (χ0v) is 14.3. The predicted molar refractivity (Wildman–Crippen MR) is 48.1 cm³/mol. The van der Waals surface area contributed by atoms with Crippen LogP contribution in [0.5, 0.6) is 0 Å². The zero-order valence-electron chi connectivity index (χ0n) is 11.5. The number of quaternary nitrogens is 1. The summed E-state index contributed by atoms with van der Waals surface area (Å²) in [5.74, 6) is 0. The first-order valence-electron chi connectivity index (χ1n) is 3.28. The summed E-state index contributed by atoms with van der Waals surface area (Å²) in [7, 11) is 3.64. The molecule has 0 aromatic carbocycles. The normalized spacial score (nSPS) is 9.27. The van der Waals surface area contributed by atoms with Crippen molar-refractivity contribution in [1.29, 1.82) is 0 Å². The van der Waals surface area contributed by atoms with Gasteiger partial charge in [-0.3, -0.25) is 0 Å². The van der Waals surface area contributed by atoms with Gasteiger partial charge in [0.25, 0.3) is 11.2 Å². The Labute approximate surface area is 140 Å². The van der Waals surface area contributed by atoms with Gasteiger partial charge in [0.1, 0.15) is 0 Å². The third-order valence-corrected chi connectivity index (χ3v) is 2.24. The van der Waals surface area contributed by atoms with Gasteiger partial charge in [0.2, 0.25) is 0 Å². The van der Waals surface area contributed by atoms with Gasteiger partial charge < -0.3 is 17.9 Å². The molecule has 0 unspecified atom stereocenters. The Hall–Kier alpha value is 0.790. The average molecular weight is 254 g/mol. The number of amides is 2. The van der Waals surface area contributed by atoms with Gasteiger partial charge in [-0.15, -0.1) is 0 Å². The first-order chi connectivity index (χ1) is 5.71. The molecule has 0 bridgehead atoms. The largest absolute Gasteiger partial charge is 1.00 e. The molecule has 1 N–H and O–H groups in total. The second-order valence-corrected chi connectivity index (χ2v) is 3.21. The molecule has 0 atom stereocenters. The smallest absolute Gasteiger partial charge is 1.00 e. The van der Waals surface area contributed by atoms with E-state index in [1.807, 2.05) is 0 Å². The SMILES string of the molecule is CN(C(=O)O)C(=S)[N+](C)(C)C(=O)[O-].[H-].[H-].[Na+].[Na+]. The summed E-state index contributed by atoms with van der Waals surface area (Å²) in [4.78, 5) is 21.6. The Morgan fingerprint density at radius 3 is 1.93 bits per heavy atom. The average Bonchev–Trinajstić information content (AvgIpc) is 2.01. The molecule has 9 heteroatoms. The van der Waals surface area contributed by atoms with Crippen molar-refractivity contribution >= 4 is 29.5 Å². The fourth-order valence-corrected chi connectivity index (χ4v) is 0.688. The molecule has 15 heavy (non-hydrogen) atoms. The van der Waals surface area contributed by atoms with Gasteiger partial charge in [0.15, 0.2) is 0 Å². The maximum absolute atomic E-state index is 10.5. The third kappa shape index (κ3) is 5.60. The summed E-state index contributed by atoms with van der Waals surface area (Å²) < 4.78 is -0.794. The fraction of sp³-hybridized carbons (Fsp3) is 0.500. The Morgan fingerprint density at radius 2 is 1.73 bits per heavy atom. The maximum Gasteiger partial charge on any atom is 1.00 e. The molecule has 2 amide bonds. The molecule has 0 fully saturated rings. The number of nitrogens with zero attached hydrogens (tertiary/aromatic N) is 2. The Balaban J connectivity index is -0.000000120. The molecule has 0 radical (unpaired) electrons. The number of carbonyl (C=O) groups is 2. The topological polar surface area (TPSA) is 80.7 Å². The minimum absolute atomic E-state index is 0. The first-order valence-corrected chi connectivity index (χ1v) is 3.68. The molecule has 0 aromatic heterocycles. The van der Waals surface area contributed by atoms with Gasteiger partial charge in [-0.05, 0) is 0 Å². The zero-order chi connectivity index (χ0) is 10.8. The van der Waals surface area contributed by atoms with Crippen molar-refractivity contribution in [1.82, 2.24) is 4.90 Å². The minimum atomic E-state index is -1.46. The van der Waals surface area contributed by atoms with Crippen molar-refractivity contribution in [3.05, 3.63) is 0 Å². The predicted octanol–water partition coefficient (Wildman–Crippen LogP) is -6.47. The van der Waals surface area contributed by atoms with Crippen LogP contribution < -0.4 is 64.2 Å². The van der Waals surface area contributed by atoms with Gasteiger partial charge in [-0.1, -0.05) is 0 Å². The fourth-order valence-electron chi connectivity index (χ4n) is 0.535. The van der Waals surface area contributed by atoms with Gasteiger partial charge in [0.05, 0.1) is 14.1 Å². The monoisotopic (exact) mass is 254 g/mol. The van der Waals surface area contributed by atoms with E-state index in [0.29, 0.717) is 4.90 Å². The molecule has 0 aliphatic carbocycles. The molecule has 0 heterocycles. The Bertz CT molecular complexity index is 281.